The highest BCUT2D eigenvalue weighted by atomic mass is 16.7. The first-order valence-electron chi connectivity index (χ1n) is 28.1. The summed E-state index contributed by atoms with van der Waals surface area (Å²) >= 11 is 0. The Morgan fingerprint density at radius 3 is 1.87 bits per heavy atom. The lowest BCUT2D eigenvalue weighted by Crippen LogP contribution is -2.46. The number of likely N-dealkylation sites (N-methyl/N-ethyl adjacent to an activating group) is 1. The standard InChI is InChI=1S/C65H71N3O19/c1-33-21-20-22-34(2)60(76)67-49-43(31-66-68(9)61-58(86-64(79)42-27-18-13-19-28-42)57(85-63(78)41-25-16-12-17-26-41)45(84-61)32-81-62(77)40-23-14-11-15-24-40)53(73)46-47(54(49)74)52(72)38(6)56-48(46)59(75)65(8,87-56)82-30-29-44(80-10)35(3)55(83-39(7)69)37(5)51(71)36(4)50(33)70/h11-31,33,35-37,44-45,50-51,55,57-58,61,70-74H,32H2,1-10H3,(H,67,76)/b21-20+,30-29+,34-22?,66-31+. The van der Waals surface area contributed by atoms with Crippen LogP contribution in [0, 0.1) is 30.6 Å². The van der Waals surface area contributed by atoms with Crippen LogP contribution in [0.25, 0.3) is 10.8 Å². The quantitative estimate of drug-likeness (QED) is 0.0172. The second-order valence-corrected chi connectivity index (χ2v) is 21.9. The molecule has 1 amide bonds. The molecule has 4 aliphatic heterocycles. The number of carbonyl (C=O) groups excluding carboxylic acids is 6. The number of amides is 1. The number of allylic oxidation sites excluding steroid dienone is 2. The second-order valence-electron chi connectivity index (χ2n) is 21.9. The highest BCUT2D eigenvalue weighted by molar-refractivity contribution is 6.24. The molecule has 22 nitrogen and oxygen atoms in total. The fraction of sp³-hybridized carbons (Fsp3) is 0.369. The van der Waals surface area contributed by atoms with E-state index in [1.54, 1.807) is 88.4 Å². The van der Waals surface area contributed by atoms with E-state index in [9.17, 15) is 54.3 Å². The average Bonchev–Trinajstić information content (AvgIpc) is 1.71. The van der Waals surface area contributed by atoms with Crippen LogP contribution >= 0.6 is 0 Å². The Kier molecular flexibility index (Phi) is 19.9. The molecule has 1 saturated heterocycles. The largest absolute Gasteiger partial charge is 0.507 e. The maximum atomic E-state index is 14.9. The number of phenols is 3. The number of nitrogens with zero attached hydrogens (tertiary/aromatic N) is 2. The van der Waals surface area contributed by atoms with Crippen molar-refractivity contribution >= 4 is 58.2 Å². The van der Waals surface area contributed by atoms with Gasteiger partial charge in [-0.2, -0.15) is 5.10 Å². The van der Waals surface area contributed by atoms with Crippen molar-refractivity contribution in [3.8, 4) is 23.0 Å². The van der Waals surface area contributed by atoms with Gasteiger partial charge in [-0.25, -0.2) is 14.4 Å². The van der Waals surface area contributed by atoms with E-state index in [-0.39, 0.29) is 39.1 Å². The van der Waals surface area contributed by atoms with Gasteiger partial charge < -0.3 is 68.7 Å². The molecule has 87 heavy (non-hydrogen) atoms. The Bertz CT molecular complexity index is 3520. The fourth-order valence-electron chi connectivity index (χ4n) is 10.8. The maximum Gasteiger partial charge on any atom is 0.338 e. The summed E-state index contributed by atoms with van der Waals surface area (Å²) in [5.41, 5.74) is -0.974. The van der Waals surface area contributed by atoms with E-state index >= 15 is 0 Å². The third-order valence-electron chi connectivity index (χ3n) is 15.9. The van der Waals surface area contributed by atoms with Gasteiger partial charge in [-0.15, -0.1) is 0 Å². The van der Waals surface area contributed by atoms with E-state index in [0.717, 1.165) is 17.5 Å². The molecule has 0 aliphatic carbocycles. The van der Waals surface area contributed by atoms with Gasteiger partial charge >= 0.3 is 29.7 Å². The summed E-state index contributed by atoms with van der Waals surface area (Å²) in [5.74, 6) is -12.6. The number of aliphatic hydroxyl groups is 2. The highest BCUT2D eigenvalue weighted by Crippen LogP contribution is 2.55. The number of phenolic OH excluding ortho intramolecular Hbond substituents is 3. The maximum absolute atomic E-state index is 14.9. The van der Waals surface area contributed by atoms with Crippen LogP contribution in [-0.4, -0.2) is 148 Å². The molecule has 460 valence electrons. The smallest absolute Gasteiger partial charge is 0.338 e. The molecule has 0 aromatic heterocycles. The summed E-state index contributed by atoms with van der Waals surface area (Å²) in [4.78, 5) is 83.1. The Hall–Kier alpha value is -9.09. The summed E-state index contributed by atoms with van der Waals surface area (Å²) in [6.07, 6.45) is -2.10. The van der Waals surface area contributed by atoms with Gasteiger partial charge in [0.2, 0.25) is 0 Å². The highest BCUT2D eigenvalue weighted by Gasteiger charge is 2.53. The third-order valence-corrected chi connectivity index (χ3v) is 15.9. The molecule has 4 heterocycles. The van der Waals surface area contributed by atoms with Gasteiger partial charge in [0.25, 0.3) is 11.7 Å². The van der Waals surface area contributed by atoms with Crippen LogP contribution in [-0.2, 0) is 42.7 Å². The number of esters is 4. The van der Waals surface area contributed by atoms with E-state index in [0.29, 0.717) is 0 Å². The molecule has 6 N–H and O–H groups in total. The van der Waals surface area contributed by atoms with Crippen molar-refractivity contribution in [2.24, 2.45) is 28.8 Å². The number of aromatic hydroxyl groups is 3. The van der Waals surface area contributed by atoms with Crippen LogP contribution in [0.3, 0.4) is 0 Å². The minimum atomic E-state index is -2.22. The van der Waals surface area contributed by atoms with Crippen LogP contribution in [0.2, 0.25) is 0 Å². The molecule has 13 atom stereocenters. The molecule has 5 aromatic rings. The molecule has 0 saturated carbocycles. The van der Waals surface area contributed by atoms with E-state index in [1.165, 1.54) is 96.5 Å². The predicted octanol–water partition coefficient (Wildman–Crippen LogP) is 8.05. The van der Waals surface area contributed by atoms with Crippen molar-refractivity contribution in [2.75, 3.05) is 26.1 Å². The number of methoxy groups -OCH3 is 1. The first kappa shape index (κ1) is 63.9. The van der Waals surface area contributed by atoms with Crippen molar-refractivity contribution in [1.82, 2.24) is 5.01 Å². The number of Topliss-reactive ketones (excluding diaryl/α,β-unsaturated/α-hetero) is 1. The molecule has 0 radical (unpaired) electrons. The fourth-order valence-corrected chi connectivity index (χ4v) is 10.8. The number of ketones is 1. The number of ether oxygens (including phenoxy) is 8. The Morgan fingerprint density at radius 1 is 0.724 bits per heavy atom. The molecule has 9 rings (SSSR count). The number of hydrogen-bond acceptors (Lipinski definition) is 21. The summed E-state index contributed by atoms with van der Waals surface area (Å²) in [5, 5.41) is 67.7. The summed E-state index contributed by atoms with van der Waals surface area (Å²) in [6.45, 7) is 11.5. The van der Waals surface area contributed by atoms with Gasteiger partial charge in [0, 0.05) is 68.2 Å². The minimum Gasteiger partial charge on any atom is -0.507 e. The molecule has 4 aliphatic rings. The van der Waals surface area contributed by atoms with Gasteiger partial charge in [0.15, 0.2) is 24.2 Å². The van der Waals surface area contributed by atoms with Crippen molar-refractivity contribution in [3.63, 3.8) is 0 Å². The monoisotopic (exact) mass is 1200 g/mol. The molecule has 22 heteroatoms. The lowest BCUT2D eigenvalue weighted by molar-refractivity contribution is -0.160. The number of rotatable bonds is 12. The summed E-state index contributed by atoms with van der Waals surface area (Å²) in [7, 11) is 2.76. The number of hydrogen-bond donors (Lipinski definition) is 6. The number of anilines is 1. The van der Waals surface area contributed by atoms with Crippen molar-refractivity contribution in [1.29, 1.82) is 0 Å². The summed E-state index contributed by atoms with van der Waals surface area (Å²) < 4.78 is 48.3. The number of carbonyl (C=O) groups is 6. The Balaban J connectivity index is 1.26. The molecule has 1 fully saturated rings. The minimum absolute atomic E-state index is 0.0189. The molecular weight excluding hydrogens is 1130 g/mol. The van der Waals surface area contributed by atoms with Crippen LogP contribution in [0.5, 0.6) is 23.0 Å². The number of hydrazone groups is 1. The topological polar surface area (TPSA) is 305 Å². The van der Waals surface area contributed by atoms with Gasteiger partial charge in [0.1, 0.15) is 36.1 Å². The molecule has 0 spiro atoms. The summed E-state index contributed by atoms with van der Waals surface area (Å²) in [6, 6.07) is 23.9. The molecule has 5 aromatic carbocycles. The SMILES string of the molecule is COC1/C=C/OC2(C)Oc3c(C)c(O)c4c(O)c(c(/C=N/N(C)C5OC(COC(=O)c6ccccc6)C(OC(=O)c6ccccc6)C5OC(=O)c5ccccc5)c(O)c4c3C2=O)NC(=O)C(C)=C/C=C/C(C)C(O)C(C)C(O)C(C)C(OC(C)=O)C1C. The zero-order valence-corrected chi connectivity index (χ0v) is 49.6. The number of aliphatic hydroxyl groups excluding tert-OH is 2. The zero-order chi connectivity index (χ0) is 63.2. The third kappa shape index (κ3) is 13.5. The van der Waals surface area contributed by atoms with Gasteiger partial charge in [-0.3, -0.25) is 19.4 Å². The van der Waals surface area contributed by atoms with Crippen LogP contribution in [0.4, 0.5) is 5.69 Å². The van der Waals surface area contributed by atoms with Crippen LogP contribution in [0.1, 0.15) is 101 Å². The number of fused-ring (bicyclic) bond motifs is 14. The lowest BCUT2D eigenvalue weighted by atomic mass is 9.78. The number of nitrogens with one attached hydrogen (secondary N) is 1. The molecular formula is C65H71N3O19. The van der Waals surface area contributed by atoms with E-state index < -0.39 is 160 Å². The van der Waals surface area contributed by atoms with Crippen molar-refractivity contribution in [3.05, 3.63) is 161 Å². The van der Waals surface area contributed by atoms with Gasteiger partial charge in [0.05, 0.1) is 69.7 Å². The van der Waals surface area contributed by atoms with Crippen LogP contribution in [0.15, 0.2) is 132 Å². The first-order chi connectivity index (χ1) is 41.4. The molecule has 5 bridgehead atoms. The zero-order valence-electron chi connectivity index (χ0n) is 49.6. The van der Waals surface area contributed by atoms with E-state index in [1.807, 2.05) is 0 Å². The van der Waals surface area contributed by atoms with Gasteiger partial charge in [-0.05, 0) is 56.3 Å². The second kappa shape index (κ2) is 27.1. The first-order valence-corrected chi connectivity index (χ1v) is 28.1. The number of benzene rings is 5. The normalized spacial score (nSPS) is 27.6. The Morgan fingerprint density at radius 2 is 1.30 bits per heavy atom. The predicted molar refractivity (Wildman–Crippen MR) is 316 cm³/mol. The lowest BCUT2D eigenvalue weighted by Gasteiger charge is -2.38. The van der Waals surface area contributed by atoms with Crippen molar-refractivity contribution in [2.45, 2.75) is 110 Å². The Labute approximate surface area is 502 Å². The molecule has 13 unspecified atom stereocenters. The van der Waals surface area contributed by atoms with E-state index in [4.69, 9.17) is 37.9 Å². The van der Waals surface area contributed by atoms with Crippen molar-refractivity contribution < 1.29 is 92.2 Å². The van der Waals surface area contributed by atoms with Crippen LogP contribution < -0.4 is 10.1 Å². The average molecular weight is 1200 g/mol. The van der Waals surface area contributed by atoms with Gasteiger partial charge in [-0.1, -0.05) is 101 Å². The van der Waals surface area contributed by atoms with E-state index in [2.05, 4.69) is 10.4 Å².